The van der Waals surface area contributed by atoms with Gasteiger partial charge in [0.1, 0.15) is 23.4 Å². The minimum Gasteiger partial charge on any atom is -0.444 e. The van der Waals surface area contributed by atoms with Crippen molar-refractivity contribution in [2.24, 2.45) is 5.92 Å². The number of amides is 1. The smallest absolute Gasteiger partial charge is 0.410 e. The van der Waals surface area contributed by atoms with E-state index < -0.39 is 5.60 Å². The van der Waals surface area contributed by atoms with E-state index in [0.717, 1.165) is 29.0 Å². The average Bonchev–Trinajstić information content (AvgIpc) is 3.41. The highest BCUT2D eigenvalue weighted by Gasteiger charge is 2.39. The largest absolute Gasteiger partial charge is 0.444 e. The van der Waals surface area contributed by atoms with Crippen LogP contribution in [-0.2, 0) is 4.74 Å². The Balaban J connectivity index is 1.53. The van der Waals surface area contributed by atoms with Crippen LogP contribution in [0.1, 0.15) is 58.1 Å². The van der Waals surface area contributed by atoms with E-state index in [1.165, 1.54) is 5.56 Å². The Hall–Kier alpha value is -3.60. The summed E-state index contributed by atoms with van der Waals surface area (Å²) in [6.07, 6.45) is 4.67. The van der Waals surface area contributed by atoms with Gasteiger partial charge in [-0.1, -0.05) is 13.0 Å². The Bertz CT molecular complexity index is 1320. The lowest BCUT2D eigenvalue weighted by atomic mass is 10.1. The minimum atomic E-state index is -0.516. The van der Waals surface area contributed by atoms with Crippen LogP contribution in [0.25, 0.3) is 16.7 Å². The summed E-state index contributed by atoms with van der Waals surface area (Å²) < 4.78 is 7.68. The van der Waals surface area contributed by atoms with Gasteiger partial charge in [0.15, 0.2) is 0 Å². The molecular weight excluding hydrogens is 440 g/mol. The van der Waals surface area contributed by atoms with Crippen molar-refractivity contribution >= 4 is 22.9 Å². The third-order valence-corrected chi connectivity index (χ3v) is 6.91. The van der Waals surface area contributed by atoms with E-state index in [-0.39, 0.29) is 12.1 Å². The molecule has 0 bridgehead atoms. The molecule has 1 aromatic carbocycles. The summed E-state index contributed by atoms with van der Waals surface area (Å²) in [6.45, 7) is 11.9. The van der Waals surface area contributed by atoms with E-state index in [1.54, 1.807) is 11.2 Å². The second-order valence-electron chi connectivity index (χ2n) is 10.8. The van der Waals surface area contributed by atoms with Crippen LogP contribution in [0.4, 0.5) is 10.6 Å². The topological polar surface area (TPSA) is 87.3 Å². The number of rotatable bonds is 3. The van der Waals surface area contributed by atoms with Crippen LogP contribution in [0.2, 0.25) is 0 Å². The zero-order valence-electron chi connectivity index (χ0n) is 21.0. The molecule has 3 atom stereocenters. The van der Waals surface area contributed by atoms with E-state index >= 15 is 0 Å². The van der Waals surface area contributed by atoms with Gasteiger partial charge in [-0.3, -0.25) is 0 Å². The van der Waals surface area contributed by atoms with Crippen LogP contribution in [0.3, 0.4) is 0 Å². The quantitative estimate of drug-likeness (QED) is 0.541. The highest BCUT2D eigenvalue weighted by molar-refractivity contribution is 5.93. The summed E-state index contributed by atoms with van der Waals surface area (Å²) in [4.78, 5) is 26.2. The first-order valence-corrected chi connectivity index (χ1v) is 12.3. The normalized spacial score (nSPS) is 22.2. The van der Waals surface area contributed by atoms with Crippen molar-refractivity contribution in [2.75, 3.05) is 24.5 Å². The second-order valence-corrected chi connectivity index (χ2v) is 10.8. The molecule has 0 spiro atoms. The molecule has 3 aromatic rings. The number of aromatic nitrogens is 3. The predicted molar refractivity (Wildman–Crippen MR) is 135 cm³/mol. The van der Waals surface area contributed by atoms with Crippen molar-refractivity contribution in [3.8, 4) is 11.8 Å². The number of fused-ring (bicyclic) bond motifs is 1. The van der Waals surface area contributed by atoms with Crippen LogP contribution in [0.15, 0.2) is 36.8 Å². The fourth-order valence-corrected chi connectivity index (χ4v) is 5.01. The summed E-state index contributed by atoms with van der Waals surface area (Å²) in [7, 11) is 0. The molecule has 5 rings (SSSR count). The van der Waals surface area contributed by atoms with Gasteiger partial charge < -0.3 is 19.1 Å². The van der Waals surface area contributed by atoms with Gasteiger partial charge in [0.25, 0.3) is 0 Å². The van der Waals surface area contributed by atoms with Crippen molar-refractivity contribution < 1.29 is 9.53 Å². The molecule has 2 aromatic heterocycles. The number of carbonyl (C=O) groups excluding carboxylic acids is 1. The Labute approximate surface area is 206 Å². The molecule has 8 heteroatoms. The molecule has 182 valence electrons. The standard InChI is InChI=1S/C27H32N6O2/c1-17-11-21(17)22-15-33(20-8-6-7-19(12-20)13-28)25-23(22)24(29-16-30-25)32-10-9-31(14-18(32)2)26(34)35-27(3,4)5/h6-8,12,15-18,21H,9-11,14H2,1-5H3/t17?,18-,21?/m0/s1. The van der Waals surface area contributed by atoms with Crippen molar-refractivity contribution in [2.45, 2.75) is 58.6 Å². The van der Waals surface area contributed by atoms with Crippen molar-refractivity contribution in [3.63, 3.8) is 0 Å². The maximum Gasteiger partial charge on any atom is 0.410 e. The molecular formula is C27H32N6O2. The lowest BCUT2D eigenvalue weighted by molar-refractivity contribution is 0.0218. The molecule has 3 heterocycles. The highest BCUT2D eigenvalue weighted by Crippen LogP contribution is 2.51. The summed E-state index contributed by atoms with van der Waals surface area (Å²) >= 11 is 0. The van der Waals surface area contributed by atoms with Gasteiger partial charge in [-0.15, -0.1) is 0 Å². The summed E-state index contributed by atoms with van der Waals surface area (Å²) in [5, 5.41) is 10.5. The molecule has 1 aliphatic carbocycles. The Morgan fingerprint density at radius 2 is 1.97 bits per heavy atom. The molecule has 2 unspecified atom stereocenters. The van der Waals surface area contributed by atoms with Crippen LogP contribution >= 0.6 is 0 Å². The third kappa shape index (κ3) is 4.43. The maximum atomic E-state index is 12.6. The number of nitriles is 1. The third-order valence-electron chi connectivity index (χ3n) is 6.91. The van der Waals surface area contributed by atoms with E-state index in [9.17, 15) is 10.1 Å². The van der Waals surface area contributed by atoms with Gasteiger partial charge in [0, 0.05) is 37.6 Å². The van der Waals surface area contributed by atoms with Crippen LogP contribution in [0.5, 0.6) is 0 Å². The number of anilines is 1. The van der Waals surface area contributed by atoms with Crippen molar-refractivity contribution in [3.05, 3.63) is 47.9 Å². The van der Waals surface area contributed by atoms with Crippen molar-refractivity contribution in [1.29, 1.82) is 5.26 Å². The first kappa shape index (κ1) is 23.2. The molecule has 1 saturated carbocycles. The molecule has 35 heavy (non-hydrogen) atoms. The van der Waals surface area contributed by atoms with Gasteiger partial charge in [-0.2, -0.15) is 5.26 Å². The minimum absolute atomic E-state index is 0.0733. The van der Waals surface area contributed by atoms with E-state index in [2.05, 4.69) is 35.6 Å². The van der Waals surface area contributed by atoms with Gasteiger partial charge in [0.2, 0.25) is 0 Å². The molecule has 0 radical (unpaired) electrons. The molecule has 1 amide bonds. The fraction of sp³-hybridized carbons (Fsp3) is 0.481. The molecule has 2 aliphatic rings. The van der Waals surface area contributed by atoms with Crippen LogP contribution in [0, 0.1) is 17.2 Å². The number of ether oxygens (including phenoxy) is 1. The van der Waals surface area contributed by atoms with Gasteiger partial charge >= 0.3 is 6.09 Å². The number of hydrogen-bond acceptors (Lipinski definition) is 6. The Morgan fingerprint density at radius 3 is 2.63 bits per heavy atom. The zero-order valence-corrected chi connectivity index (χ0v) is 21.0. The van der Waals surface area contributed by atoms with Crippen molar-refractivity contribution in [1.82, 2.24) is 19.4 Å². The molecule has 1 aliphatic heterocycles. The van der Waals surface area contributed by atoms with E-state index in [1.807, 2.05) is 45.0 Å². The predicted octanol–water partition coefficient (Wildman–Crippen LogP) is 4.86. The van der Waals surface area contributed by atoms with Gasteiger partial charge in [0.05, 0.1) is 17.0 Å². The number of benzene rings is 1. The zero-order chi connectivity index (χ0) is 24.9. The van der Waals surface area contributed by atoms with E-state index in [0.29, 0.717) is 37.0 Å². The average molecular weight is 473 g/mol. The molecule has 0 N–H and O–H groups in total. The Kier molecular flexibility index (Phi) is 5.66. The second kappa shape index (κ2) is 8.56. The molecule has 8 nitrogen and oxygen atoms in total. The summed E-state index contributed by atoms with van der Waals surface area (Å²) in [5.74, 6) is 2.01. The van der Waals surface area contributed by atoms with E-state index in [4.69, 9.17) is 14.7 Å². The number of piperazine rings is 1. The molecule has 1 saturated heterocycles. The molecule has 2 fully saturated rings. The number of carbonyl (C=O) groups is 1. The fourth-order valence-electron chi connectivity index (χ4n) is 5.01. The SMILES string of the molecule is CC1CC1c1cn(-c2cccc(C#N)c2)c2ncnc(N3CCN(C(=O)OC(C)(C)C)C[C@@H]3C)c12. The lowest BCUT2D eigenvalue weighted by Gasteiger charge is -2.41. The lowest BCUT2D eigenvalue weighted by Crippen LogP contribution is -2.54. The van der Waals surface area contributed by atoms with Crippen LogP contribution < -0.4 is 4.90 Å². The Morgan fingerprint density at radius 1 is 1.20 bits per heavy atom. The summed E-state index contributed by atoms with van der Waals surface area (Å²) in [5.41, 5.74) is 3.12. The van der Waals surface area contributed by atoms with Gasteiger partial charge in [-0.05, 0) is 69.7 Å². The first-order chi connectivity index (χ1) is 16.7. The van der Waals surface area contributed by atoms with Gasteiger partial charge in [-0.25, -0.2) is 14.8 Å². The number of nitrogens with zero attached hydrogens (tertiary/aromatic N) is 6. The number of hydrogen-bond donors (Lipinski definition) is 0. The monoisotopic (exact) mass is 472 g/mol. The highest BCUT2D eigenvalue weighted by atomic mass is 16.6. The maximum absolute atomic E-state index is 12.6. The first-order valence-electron chi connectivity index (χ1n) is 12.3. The summed E-state index contributed by atoms with van der Waals surface area (Å²) in [6, 6.07) is 9.92. The van der Waals surface area contributed by atoms with Crippen LogP contribution in [-0.4, -0.2) is 56.8 Å².